The number of carbonyl (C=O) groups is 1. The predicted octanol–water partition coefficient (Wildman–Crippen LogP) is 4.69. The fraction of sp³-hybridized carbons (Fsp3) is 0.500. The molecule has 3 aliphatic rings. The van der Waals surface area contributed by atoms with E-state index in [2.05, 4.69) is 4.90 Å². The number of benzene rings is 1. The summed E-state index contributed by atoms with van der Waals surface area (Å²) in [4.78, 5) is 28.0. The van der Waals surface area contributed by atoms with Gasteiger partial charge >= 0.3 is 0 Å². The molecule has 1 saturated heterocycles. The number of fused-ring (bicyclic) bond motifs is 4. The highest BCUT2D eigenvalue weighted by Crippen LogP contribution is 2.41. The summed E-state index contributed by atoms with van der Waals surface area (Å²) in [5.74, 6) is 1.14. The van der Waals surface area contributed by atoms with Crippen molar-refractivity contribution in [1.82, 2.24) is 9.47 Å². The van der Waals surface area contributed by atoms with Crippen LogP contribution < -0.4 is 5.56 Å². The molecule has 3 heterocycles. The Morgan fingerprint density at radius 2 is 1.69 bits per heavy atom. The van der Waals surface area contributed by atoms with E-state index in [9.17, 15) is 9.59 Å². The lowest BCUT2D eigenvalue weighted by atomic mass is 9.79. The number of nitrogens with zero attached hydrogens (tertiary/aromatic N) is 2. The van der Waals surface area contributed by atoms with Crippen molar-refractivity contribution in [2.75, 3.05) is 13.1 Å². The Morgan fingerprint density at radius 3 is 2.45 bits per heavy atom. The first-order valence-corrected chi connectivity index (χ1v) is 11.3. The average molecular weight is 411 g/mol. The Bertz CT molecular complexity index is 975. The summed E-state index contributed by atoms with van der Waals surface area (Å²) in [5.41, 5.74) is 3.33. The van der Waals surface area contributed by atoms with Crippen LogP contribution in [-0.2, 0) is 11.3 Å². The van der Waals surface area contributed by atoms with Crippen molar-refractivity contribution < 1.29 is 4.79 Å². The number of aromatic nitrogens is 1. The van der Waals surface area contributed by atoms with E-state index in [1.54, 1.807) is 6.07 Å². The van der Waals surface area contributed by atoms with Crippen LogP contribution in [0.3, 0.4) is 0 Å². The van der Waals surface area contributed by atoms with Gasteiger partial charge in [-0.25, -0.2) is 0 Å². The third-order valence-electron chi connectivity index (χ3n) is 7.01. The van der Waals surface area contributed by atoms with Crippen LogP contribution in [0.1, 0.15) is 50.1 Å². The molecule has 152 valence electrons. The maximum absolute atomic E-state index is 13.2. The molecule has 2 aliphatic heterocycles. The number of likely N-dealkylation sites (tertiary alicyclic amines) is 1. The topological polar surface area (TPSA) is 42.3 Å². The molecule has 0 spiro atoms. The molecule has 4 nitrogen and oxygen atoms in total. The molecule has 0 radical (unpaired) electrons. The third-order valence-corrected chi connectivity index (χ3v) is 7.26. The maximum atomic E-state index is 13.2. The van der Waals surface area contributed by atoms with Crippen molar-refractivity contribution in [1.29, 1.82) is 0 Å². The molecule has 2 bridgehead atoms. The molecule has 5 heteroatoms. The molecule has 29 heavy (non-hydrogen) atoms. The lowest BCUT2D eigenvalue weighted by Crippen LogP contribution is -2.51. The minimum absolute atomic E-state index is 0.0690. The van der Waals surface area contributed by atoms with Crippen molar-refractivity contribution in [3.05, 3.63) is 57.5 Å². The van der Waals surface area contributed by atoms with Gasteiger partial charge in [0.1, 0.15) is 0 Å². The molecule has 5 rings (SSSR count). The highest BCUT2D eigenvalue weighted by atomic mass is 35.5. The van der Waals surface area contributed by atoms with Gasteiger partial charge in [0.05, 0.1) is 0 Å². The van der Waals surface area contributed by atoms with Gasteiger partial charge in [0, 0.05) is 53.8 Å². The zero-order valence-electron chi connectivity index (χ0n) is 16.6. The molecule has 2 fully saturated rings. The standard InChI is InChI=1S/C24H27ClN2O2/c25-20-8-6-17(7-9-20)21-10-11-22(28)27-14-16-12-19(23(21)27)15-26(13-16)24(29)18-4-2-1-3-5-18/h6-11,16,18-19H,1-5,12-15H2/t16-,19-/m0/s1. The SMILES string of the molecule is O=C(C1CCCCC1)N1C[C@@H]2C[C@@H](C1)c1c(-c3ccc(Cl)cc3)ccc(=O)n1C2. The Hall–Kier alpha value is -2.07. The van der Waals surface area contributed by atoms with Crippen LogP contribution in [0.4, 0.5) is 0 Å². The first kappa shape index (κ1) is 18.9. The molecular weight excluding hydrogens is 384 g/mol. The summed E-state index contributed by atoms with van der Waals surface area (Å²) in [6.45, 7) is 2.24. The lowest BCUT2D eigenvalue weighted by molar-refractivity contribution is -0.139. The van der Waals surface area contributed by atoms with Crippen LogP contribution in [0.2, 0.25) is 5.02 Å². The van der Waals surface area contributed by atoms with Crippen molar-refractivity contribution in [3.63, 3.8) is 0 Å². The second-order valence-corrected chi connectivity index (χ2v) is 9.40. The smallest absolute Gasteiger partial charge is 0.250 e. The maximum Gasteiger partial charge on any atom is 0.250 e. The van der Waals surface area contributed by atoms with Crippen LogP contribution in [0.5, 0.6) is 0 Å². The Morgan fingerprint density at radius 1 is 0.931 bits per heavy atom. The molecule has 1 aromatic heterocycles. The Balaban J connectivity index is 1.49. The fourth-order valence-electron chi connectivity index (χ4n) is 5.68. The fourth-order valence-corrected chi connectivity index (χ4v) is 5.80. The van der Waals surface area contributed by atoms with Gasteiger partial charge in [0.15, 0.2) is 0 Å². The summed E-state index contributed by atoms with van der Waals surface area (Å²) >= 11 is 6.08. The second-order valence-electron chi connectivity index (χ2n) is 8.96. The van der Waals surface area contributed by atoms with Crippen molar-refractivity contribution in [2.24, 2.45) is 11.8 Å². The van der Waals surface area contributed by atoms with Gasteiger partial charge in [-0.05, 0) is 48.9 Å². The van der Waals surface area contributed by atoms with Crippen molar-refractivity contribution >= 4 is 17.5 Å². The third kappa shape index (κ3) is 3.52. The number of rotatable bonds is 2. The van der Waals surface area contributed by atoms with Gasteiger partial charge in [0.2, 0.25) is 5.91 Å². The summed E-state index contributed by atoms with van der Waals surface area (Å²) < 4.78 is 1.96. The summed E-state index contributed by atoms with van der Waals surface area (Å²) in [5, 5.41) is 0.706. The molecular formula is C24H27ClN2O2. The largest absolute Gasteiger partial charge is 0.341 e. The molecule has 1 amide bonds. The monoisotopic (exact) mass is 410 g/mol. The van der Waals surface area contributed by atoms with Gasteiger partial charge in [-0.1, -0.05) is 43.0 Å². The summed E-state index contributed by atoms with van der Waals surface area (Å²) in [6, 6.07) is 11.4. The van der Waals surface area contributed by atoms with Crippen LogP contribution in [-0.4, -0.2) is 28.5 Å². The van der Waals surface area contributed by atoms with Crippen LogP contribution in [0, 0.1) is 11.8 Å². The first-order chi connectivity index (χ1) is 14.1. The van der Waals surface area contributed by atoms with E-state index in [0.29, 0.717) is 23.4 Å². The zero-order valence-corrected chi connectivity index (χ0v) is 17.4. The number of amides is 1. The minimum Gasteiger partial charge on any atom is -0.341 e. The molecule has 0 N–H and O–H groups in total. The van der Waals surface area contributed by atoms with Crippen LogP contribution in [0.15, 0.2) is 41.2 Å². The quantitative estimate of drug-likeness (QED) is 0.720. The number of carbonyl (C=O) groups excluding carboxylic acids is 1. The van der Waals surface area contributed by atoms with Gasteiger partial charge in [-0.3, -0.25) is 9.59 Å². The summed E-state index contributed by atoms with van der Waals surface area (Å²) in [6.07, 6.45) is 6.74. The lowest BCUT2D eigenvalue weighted by Gasteiger charge is -2.44. The normalized spacial score (nSPS) is 24.2. The van der Waals surface area contributed by atoms with Gasteiger partial charge in [-0.2, -0.15) is 0 Å². The van der Waals surface area contributed by atoms with E-state index in [-0.39, 0.29) is 17.4 Å². The molecule has 1 saturated carbocycles. The highest BCUT2D eigenvalue weighted by molar-refractivity contribution is 6.30. The van der Waals surface area contributed by atoms with E-state index in [1.165, 1.54) is 19.3 Å². The Kier molecular flexibility index (Phi) is 4.99. The molecule has 1 aromatic carbocycles. The Labute approximate surface area is 176 Å². The number of hydrogen-bond donors (Lipinski definition) is 0. The first-order valence-electron chi connectivity index (χ1n) is 10.9. The molecule has 1 aliphatic carbocycles. The molecule has 2 atom stereocenters. The average Bonchev–Trinajstić information content (AvgIpc) is 2.75. The number of hydrogen-bond acceptors (Lipinski definition) is 2. The van der Waals surface area contributed by atoms with E-state index in [4.69, 9.17) is 11.6 Å². The summed E-state index contributed by atoms with van der Waals surface area (Å²) in [7, 11) is 0. The zero-order chi connectivity index (χ0) is 20.0. The van der Waals surface area contributed by atoms with Gasteiger partial charge < -0.3 is 9.47 Å². The van der Waals surface area contributed by atoms with Crippen LogP contribution >= 0.6 is 11.6 Å². The predicted molar refractivity (Wildman–Crippen MR) is 115 cm³/mol. The van der Waals surface area contributed by atoms with E-state index < -0.39 is 0 Å². The molecule has 2 aromatic rings. The van der Waals surface area contributed by atoms with E-state index in [1.807, 2.05) is 34.9 Å². The number of pyridine rings is 1. The van der Waals surface area contributed by atoms with E-state index in [0.717, 1.165) is 49.2 Å². The number of piperidine rings is 1. The van der Waals surface area contributed by atoms with E-state index >= 15 is 0 Å². The molecule has 0 unspecified atom stereocenters. The number of halogens is 1. The second kappa shape index (κ2) is 7.64. The van der Waals surface area contributed by atoms with Crippen molar-refractivity contribution in [3.8, 4) is 11.1 Å². The van der Waals surface area contributed by atoms with Gasteiger partial charge in [0.25, 0.3) is 5.56 Å². The minimum atomic E-state index is 0.0690. The highest BCUT2D eigenvalue weighted by Gasteiger charge is 2.39. The van der Waals surface area contributed by atoms with Gasteiger partial charge in [-0.15, -0.1) is 0 Å². The van der Waals surface area contributed by atoms with Crippen LogP contribution in [0.25, 0.3) is 11.1 Å². The van der Waals surface area contributed by atoms with Crippen molar-refractivity contribution in [2.45, 2.75) is 51.0 Å².